The second kappa shape index (κ2) is 6.33. The summed E-state index contributed by atoms with van der Waals surface area (Å²) in [5, 5.41) is 2.87. The fourth-order valence-electron chi connectivity index (χ4n) is 3.45. The van der Waals surface area contributed by atoms with Crippen molar-refractivity contribution in [2.75, 3.05) is 7.05 Å². The Kier molecular flexibility index (Phi) is 4.01. The Morgan fingerprint density at radius 1 is 1.12 bits per heavy atom. The first kappa shape index (κ1) is 15.8. The van der Waals surface area contributed by atoms with Crippen molar-refractivity contribution in [2.24, 2.45) is 0 Å². The van der Waals surface area contributed by atoms with Crippen molar-refractivity contribution < 1.29 is 14.3 Å². The third-order valence-corrected chi connectivity index (χ3v) is 4.90. The van der Waals surface area contributed by atoms with Crippen LogP contribution in [0.5, 0.6) is 0 Å². The highest BCUT2D eigenvalue weighted by Crippen LogP contribution is 2.35. The Morgan fingerprint density at radius 2 is 1.80 bits per heavy atom. The highest BCUT2D eigenvalue weighted by atomic mass is 16.5. The monoisotopic (exact) mass is 336 g/mol. The molecule has 2 aliphatic rings. The molecule has 1 saturated heterocycles. The van der Waals surface area contributed by atoms with Crippen LogP contribution in [0.3, 0.4) is 0 Å². The third kappa shape index (κ3) is 2.91. The van der Waals surface area contributed by atoms with E-state index >= 15 is 0 Å². The predicted octanol–water partition coefficient (Wildman–Crippen LogP) is 2.35. The smallest absolute Gasteiger partial charge is 0.250 e. The summed E-state index contributed by atoms with van der Waals surface area (Å²) in [7, 11) is 1.75. The van der Waals surface area contributed by atoms with Gasteiger partial charge in [-0.1, -0.05) is 54.6 Å². The SMILES string of the molecule is CN1Cc2ccccc2C(NC(=O)C2CC(c3ccccc3)O2)C1=O. The first-order valence-corrected chi connectivity index (χ1v) is 8.47. The summed E-state index contributed by atoms with van der Waals surface area (Å²) in [4.78, 5) is 26.7. The van der Waals surface area contributed by atoms with Gasteiger partial charge in [-0.05, 0) is 16.7 Å². The van der Waals surface area contributed by atoms with Crippen LogP contribution in [0.15, 0.2) is 54.6 Å². The van der Waals surface area contributed by atoms with E-state index in [1.165, 1.54) is 0 Å². The number of ether oxygens (including phenoxy) is 1. The molecule has 0 spiro atoms. The molecule has 2 aliphatic heterocycles. The molecule has 3 atom stereocenters. The maximum Gasteiger partial charge on any atom is 0.250 e. The minimum Gasteiger partial charge on any atom is -0.360 e. The van der Waals surface area contributed by atoms with Crippen LogP contribution in [0.2, 0.25) is 0 Å². The molecule has 2 aromatic carbocycles. The molecule has 4 rings (SSSR count). The largest absolute Gasteiger partial charge is 0.360 e. The third-order valence-electron chi connectivity index (χ3n) is 4.90. The molecule has 0 radical (unpaired) electrons. The van der Waals surface area contributed by atoms with Gasteiger partial charge in [0.25, 0.3) is 0 Å². The van der Waals surface area contributed by atoms with Crippen molar-refractivity contribution in [2.45, 2.75) is 31.2 Å². The summed E-state index contributed by atoms with van der Waals surface area (Å²) in [5.41, 5.74) is 3.01. The summed E-state index contributed by atoms with van der Waals surface area (Å²) < 4.78 is 5.74. The quantitative estimate of drug-likeness (QED) is 0.936. The number of likely N-dealkylation sites (N-methyl/N-ethyl adjacent to an activating group) is 1. The van der Waals surface area contributed by atoms with Gasteiger partial charge < -0.3 is 15.0 Å². The van der Waals surface area contributed by atoms with Gasteiger partial charge in [0.1, 0.15) is 12.1 Å². The van der Waals surface area contributed by atoms with Gasteiger partial charge in [-0.15, -0.1) is 0 Å². The molecule has 0 aromatic heterocycles. The maximum absolute atomic E-state index is 12.5. The minimum absolute atomic E-state index is 0.0473. The number of benzene rings is 2. The van der Waals surface area contributed by atoms with Gasteiger partial charge >= 0.3 is 0 Å². The first-order chi connectivity index (χ1) is 12.1. The molecule has 3 unspecified atom stereocenters. The fraction of sp³-hybridized carbons (Fsp3) is 0.300. The average Bonchev–Trinajstić information content (AvgIpc) is 2.58. The van der Waals surface area contributed by atoms with E-state index in [-0.39, 0.29) is 17.9 Å². The highest BCUT2D eigenvalue weighted by molar-refractivity contribution is 5.91. The van der Waals surface area contributed by atoms with Crippen LogP contribution in [-0.4, -0.2) is 29.9 Å². The molecule has 0 aliphatic carbocycles. The second-order valence-electron chi connectivity index (χ2n) is 6.59. The Labute approximate surface area is 146 Å². The molecule has 2 heterocycles. The lowest BCUT2D eigenvalue weighted by atomic mass is 9.93. The number of nitrogens with one attached hydrogen (secondary N) is 1. The van der Waals surface area contributed by atoms with Crippen LogP contribution in [0.25, 0.3) is 0 Å². The van der Waals surface area contributed by atoms with Crippen molar-refractivity contribution in [3.63, 3.8) is 0 Å². The van der Waals surface area contributed by atoms with Gasteiger partial charge in [0.05, 0.1) is 6.10 Å². The molecule has 0 bridgehead atoms. The number of nitrogens with zero attached hydrogens (tertiary/aromatic N) is 1. The van der Waals surface area contributed by atoms with E-state index < -0.39 is 12.1 Å². The number of fused-ring (bicyclic) bond motifs is 1. The summed E-state index contributed by atoms with van der Waals surface area (Å²) in [6.45, 7) is 0.567. The molecule has 1 N–H and O–H groups in total. The normalized spacial score (nSPS) is 25.1. The van der Waals surface area contributed by atoms with Crippen LogP contribution < -0.4 is 5.32 Å². The van der Waals surface area contributed by atoms with Crippen LogP contribution in [0, 0.1) is 0 Å². The molecule has 5 heteroatoms. The molecular formula is C20H20N2O3. The standard InChI is InChI=1S/C20H20N2O3/c1-22-12-14-9-5-6-10-15(14)18(20(22)24)21-19(23)17-11-16(25-17)13-7-3-2-4-8-13/h2-10,16-18H,11-12H2,1H3,(H,21,23). The Bertz CT molecular complexity index is 800. The van der Waals surface area contributed by atoms with E-state index in [2.05, 4.69) is 5.32 Å². The van der Waals surface area contributed by atoms with Crippen LogP contribution >= 0.6 is 0 Å². The molecular weight excluding hydrogens is 316 g/mol. The number of amides is 2. The Hall–Kier alpha value is -2.66. The number of carbonyl (C=O) groups excluding carboxylic acids is 2. The van der Waals surface area contributed by atoms with Crippen molar-refractivity contribution >= 4 is 11.8 Å². The molecule has 1 fully saturated rings. The molecule has 128 valence electrons. The van der Waals surface area contributed by atoms with E-state index in [0.717, 1.165) is 16.7 Å². The van der Waals surface area contributed by atoms with Crippen LogP contribution in [-0.2, 0) is 20.9 Å². The lowest BCUT2D eigenvalue weighted by molar-refractivity contribution is -0.165. The van der Waals surface area contributed by atoms with Gasteiger partial charge in [-0.25, -0.2) is 0 Å². The van der Waals surface area contributed by atoms with Gasteiger partial charge in [0.15, 0.2) is 0 Å². The van der Waals surface area contributed by atoms with Crippen molar-refractivity contribution in [1.29, 1.82) is 0 Å². The van der Waals surface area contributed by atoms with Gasteiger partial charge in [0.2, 0.25) is 11.8 Å². The molecule has 2 aromatic rings. The molecule has 25 heavy (non-hydrogen) atoms. The van der Waals surface area contributed by atoms with Gasteiger partial charge in [-0.3, -0.25) is 9.59 Å². The van der Waals surface area contributed by atoms with E-state index in [1.54, 1.807) is 11.9 Å². The second-order valence-corrected chi connectivity index (χ2v) is 6.59. The predicted molar refractivity (Wildman–Crippen MR) is 92.5 cm³/mol. The van der Waals surface area contributed by atoms with Crippen molar-refractivity contribution in [1.82, 2.24) is 10.2 Å². The van der Waals surface area contributed by atoms with Crippen molar-refractivity contribution in [3.05, 3.63) is 71.3 Å². The number of hydrogen-bond acceptors (Lipinski definition) is 3. The lowest BCUT2D eigenvalue weighted by Crippen LogP contribution is -2.50. The van der Waals surface area contributed by atoms with E-state index in [0.29, 0.717) is 13.0 Å². The maximum atomic E-state index is 12.5. The summed E-state index contributed by atoms with van der Waals surface area (Å²) >= 11 is 0. The zero-order valence-electron chi connectivity index (χ0n) is 14.0. The summed E-state index contributed by atoms with van der Waals surface area (Å²) in [6, 6.07) is 16.9. The number of rotatable bonds is 3. The molecule has 0 saturated carbocycles. The zero-order chi connectivity index (χ0) is 17.4. The van der Waals surface area contributed by atoms with Gasteiger partial charge in [0, 0.05) is 20.0 Å². The fourth-order valence-corrected chi connectivity index (χ4v) is 3.45. The minimum atomic E-state index is -0.637. The first-order valence-electron chi connectivity index (χ1n) is 8.47. The van der Waals surface area contributed by atoms with E-state index in [9.17, 15) is 9.59 Å². The lowest BCUT2D eigenvalue weighted by Gasteiger charge is -2.37. The number of hydrogen-bond donors (Lipinski definition) is 1. The Balaban J connectivity index is 1.44. The zero-order valence-corrected chi connectivity index (χ0v) is 14.0. The summed E-state index contributed by atoms with van der Waals surface area (Å²) in [5.74, 6) is -0.318. The van der Waals surface area contributed by atoms with Crippen LogP contribution in [0.1, 0.15) is 35.3 Å². The van der Waals surface area contributed by atoms with Crippen molar-refractivity contribution in [3.8, 4) is 0 Å². The highest BCUT2D eigenvalue weighted by Gasteiger charge is 2.39. The van der Waals surface area contributed by atoms with E-state index in [4.69, 9.17) is 4.74 Å². The molecule has 2 amide bonds. The molecule has 5 nitrogen and oxygen atoms in total. The topological polar surface area (TPSA) is 58.6 Å². The number of carbonyl (C=O) groups is 2. The average molecular weight is 336 g/mol. The van der Waals surface area contributed by atoms with Gasteiger partial charge in [-0.2, -0.15) is 0 Å². The van der Waals surface area contributed by atoms with Crippen LogP contribution in [0.4, 0.5) is 0 Å². The summed E-state index contributed by atoms with van der Waals surface area (Å²) in [6.07, 6.45) is 0.0835. The Morgan fingerprint density at radius 3 is 2.56 bits per heavy atom. The van der Waals surface area contributed by atoms with E-state index in [1.807, 2.05) is 54.6 Å².